The van der Waals surface area contributed by atoms with Crippen LogP contribution in [0.3, 0.4) is 0 Å². The summed E-state index contributed by atoms with van der Waals surface area (Å²) >= 11 is 0. The van der Waals surface area contributed by atoms with Crippen LogP contribution in [0.2, 0.25) is 18.1 Å². The monoisotopic (exact) mass is 401 g/mol. The SMILES string of the molecule is CC(C)(C)OC(=O)N[C@]1(C(=O)OC(C)(C)C)C[C@@H]1CO[Si](C)(C)C(C)(C)C. The molecule has 27 heavy (non-hydrogen) atoms. The first-order valence-electron chi connectivity index (χ1n) is 9.68. The number of carbonyl (C=O) groups is 2. The smallest absolute Gasteiger partial charge is 0.408 e. The van der Waals surface area contributed by atoms with Crippen LogP contribution < -0.4 is 5.32 Å². The molecule has 1 amide bonds. The second-order valence-corrected chi connectivity index (χ2v) is 15.9. The lowest BCUT2D eigenvalue weighted by molar-refractivity contribution is -0.159. The van der Waals surface area contributed by atoms with Crippen LogP contribution in [0.25, 0.3) is 0 Å². The third-order valence-corrected chi connectivity index (χ3v) is 9.54. The van der Waals surface area contributed by atoms with Crippen LogP contribution in [0.15, 0.2) is 0 Å². The standard InChI is InChI=1S/C20H39NO5Si/c1-17(2,3)25-15(22)20(21-16(23)26-18(4,5)6)12-14(20)13-24-27(10,11)19(7,8)9/h14H,12-13H2,1-11H3,(H,21,23)/t14-,20-/m1/s1. The molecule has 1 aliphatic rings. The summed E-state index contributed by atoms with van der Waals surface area (Å²) in [5, 5.41) is 2.85. The van der Waals surface area contributed by atoms with Crippen LogP contribution in [-0.2, 0) is 18.7 Å². The molecule has 6 nitrogen and oxygen atoms in total. The van der Waals surface area contributed by atoms with Gasteiger partial charge in [-0.15, -0.1) is 0 Å². The minimum absolute atomic E-state index is 0.0784. The third-order valence-electron chi connectivity index (χ3n) is 5.04. The molecular weight excluding hydrogens is 362 g/mol. The number of amides is 1. The molecule has 0 heterocycles. The van der Waals surface area contributed by atoms with Crippen molar-refractivity contribution in [1.82, 2.24) is 5.32 Å². The van der Waals surface area contributed by atoms with E-state index < -0.39 is 37.1 Å². The van der Waals surface area contributed by atoms with Crippen LogP contribution in [-0.4, -0.2) is 43.7 Å². The van der Waals surface area contributed by atoms with Crippen molar-refractivity contribution in [3.05, 3.63) is 0 Å². The van der Waals surface area contributed by atoms with E-state index in [2.05, 4.69) is 39.2 Å². The lowest BCUT2D eigenvalue weighted by Gasteiger charge is -2.36. The molecule has 1 fully saturated rings. The zero-order valence-electron chi connectivity index (χ0n) is 19.0. The number of hydrogen-bond acceptors (Lipinski definition) is 5. The van der Waals surface area contributed by atoms with E-state index in [0.717, 1.165) is 0 Å². The van der Waals surface area contributed by atoms with Crippen molar-refractivity contribution in [1.29, 1.82) is 0 Å². The van der Waals surface area contributed by atoms with Crippen LogP contribution in [0, 0.1) is 5.92 Å². The maximum absolute atomic E-state index is 12.8. The molecule has 1 N–H and O–H groups in total. The maximum atomic E-state index is 12.8. The Morgan fingerprint density at radius 3 is 1.85 bits per heavy atom. The summed E-state index contributed by atoms with van der Waals surface area (Å²) < 4.78 is 17.2. The van der Waals surface area contributed by atoms with Crippen LogP contribution >= 0.6 is 0 Å². The van der Waals surface area contributed by atoms with Crippen molar-refractivity contribution in [2.45, 2.75) is 104 Å². The highest BCUT2D eigenvalue weighted by Gasteiger charge is 2.64. The largest absolute Gasteiger partial charge is 0.458 e. The number of alkyl carbamates (subject to hydrolysis) is 1. The van der Waals surface area contributed by atoms with E-state index in [0.29, 0.717) is 13.0 Å². The van der Waals surface area contributed by atoms with Gasteiger partial charge in [-0.1, -0.05) is 20.8 Å². The zero-order valence-corrected chi connectivity index (χ0v) is 20.0. The van der Waals surface area contributed by atoms with Gasteiger partial charge in [0.05, 0.1) is 0 Å². The van der Waals surface area contributed by atoms with Crippen molar-refractivity contribution in [2.75, 3.05) is 6.61 Å². The predicted octanol–water partition coefficient (Wildman–Crippen LogP) is 4.63. The lowest BCUT2D eigenvalue weighted by Crippen LogP contribution is -2.50. The number of ether oxygens (including phenoxy) is 2. The van der Waals surface area contributed by atoms with Gasteiger partial charge in [0.25, 0.3) is 0 Å². The van der Waals surface area contributed by atoms with Crippen molar-refractivity contribution < 1.29 is 23.5 Å². The van der Waals surface area contributed by atoms with Gasteiger partial charge < -0.3 is 19.2 Å². The lowest BCUT2D eigenvalue weighted by atomic mass is 10.1. The van der Waals surface area contributed by atoms with Gasteiger partial charge in [0.15, 0.2) is 8.32 Å². The van der Waals surface area contributed by atoms with Gasteiger partial charge in [-0.3, -0.25) is 0 Å². The molecule has 0 radical (unpaired) electrons. The van der Waals surface area contributed by atoms with Crippen molar-refractivity contribution in [3.63, 3.8) is 0 Å². The third kappa shape index (κ3) is 6.78. The first-order chi connectivity index (χ1) is 11.8. The molecule has 1 saturated carbocycles. The second kappa shape index (κ2) is 7.39. The summed E-state index contributed by atoms with van der Waals surface area (Å²) in [5.41, 5.74) is -2.34. The Balaban J connectivity index is 2.90. The Bertz CT molecular complexity index is 568. The fraction of sp³-hybridized carbons (Fsp3) is 0.900. The Morgan fingerprint density at radius 2 is 1.44 bits per heavy atom. The van der Waals surface area contributed by atoms with E-state index in [4.69, 9.17) is 13.9 Å². The quantitative estimate of drug-likeness (QED) is 0.537. The Morgan fingerprint density at radius 1 is 0.963 bits per heavy atom. The molecule has 0 spiro atoms. The summed E-state index contributed by atoms with van der Waals surface area (Å²) in [6.45, 7) is 22.1. The van der Waals surface area contributed by atoms with Crippen LogP contribution in [0.4, 0.5) is 4.79 Å². The Hall–Kier alpha value is -1.08. The van der Waals surface area contributed by atoms with Gasteiger partial charge in [0.1, 0.15) is 16.7 Å². The highest BCUT2D eigenvalue weighted by atomic mass is 28.4. The number of esters is 1. The van der Waals surface area contributed by atoms with E-state index in [1.54, 1.807) is 20.8 Å². The zero-order chi connectivity index (χ0) is 21.5. The average molecular weight is 402 g/mol. The molecule has 158 valence electrons. The summed E-state index contributed by atoms with van der Waals surface area (Å²) in [6.07, 6.45) is -0.112. The molecule has 0 bridgehead atoms. The van der Waals surface area contributed by atoms with E-state index in [9.17, 15) is 9.59 Å². The Labute approximate surface area is 165 Å². The highest BCUT2D eigenvalue weighted by molar-refractivity contribution is 6.74. The van der Waals surface area contributed by atoms with Gasteiger partial charge in [-0.2, -0.15) is 0 Å². The molecule has 0 aromatic rings. The van der Waals surface area contributed by atoms with Crippen LogP contribution in [0.1, 0.15) is 68.7 Å². The Kier molecular flexibility index (Phi) is 6.56. The first kappa shape index (κ1) is 24.0. The fourth-order valence-electron chi connectivity index (χ4n) is 2.37. The van der Waals surface area contributed by atoms with Gasteiger partial charge in [0, 0.05) is 12.5 Å². The average Bonchev–Trinajstić information content (AvgIpc) is 3.05. The number of hydrogen-bond donors (Lipinski definition) is 1. The number of carbonyl (C=O) groups excluding carboxylic acids is 2. The van der Waals surface area contributed by atoms with Crippen molar-refractivity contribution in [2.24, 2.45) is 5.92 Å². The predicted molar refractivity (Wildman–Crippen MR) is 109 cm³/mol. The molecule has 0 aromatic carbocycles. The highest BCUT2D eigenvalue weighted by Crippen LogP contribution is 2.47. The molecule has 0 unspecified atom stereocenters. The molecule has 1 rings (SSSR count). The van der Waals surface area contributed by atoms with E-state index >= 15 is 0 Å². The van der Waals surface area contributed by atoms with Crippen LogP contribution in [0.5, 0.6) is 0 Å². The summed E-state index contributed by atoms with van der Waals surface area (Å²) in [7, 11) is -1.95. The van der Waals surface area contributed by atoms with E-state index in [1.165, 1.54) is 0 Å². The molecular formula is C20H39NO5Si. The summed E-state index contributed by atoms with van der Waals surface area (Å²) in [5.74, 6) is -0.543. The fourth-order valence-corrected chi connectivity index (χ4v) is 3.42. The second-order valence-electron chi connectivity index (χ2n) is 11.1. The molecule has 1 aliphatic carbocycles. The van der Waals surface area contributed by atoms with E-state index in [-0.39, 0.29) is 11.0 Å². The van der Waals surface area contributed by atoms with Gasteiger partial charge >= 0.3 is 12.1 Å². The summed E-state index contributed by atoms with van der Waals surface area (Å²) in [4.78, 5) is 25.2. The van der Waals surface area contributed by atoms with Crippen molar-refractivity contribution in [3.8, 4) is 0 Å². The molecule has 0 aromatic heterocycles. The molecule has 0 aliphatic heterocycles. The minimum Gasteiger partial charge on any atom is -0.458 e. The van der Waals surface area contributed by atoms with Gasteiger partial charge in [0.2, 0.25) is 0 Å². The first-order valence-corrected chi connectivity index (χ1v) is 12.6. The normalized spacial score (nSPS) is 23.6. The summed E-state index contributed by atoms with van der Waals surface area (Å²) in [6, 6.07) is 0. The van der Waals surface area contributed by atoms with Crippen molar-refractivity contribution >= 4 is 20.4 Å². The number of nitrogens with one attached hydrogen (secondary N) is 1. The van der Waals surface area contributed by atoms with E-state index in [1.807, 2.05) is 20.8 Å². The molecule has 7 heteroatoms. The molecule has 0 saturated heterocycles. The van der Waals surface area contributed by atoms with Gasteiger partial charge in [-0.25, -0.2) is 9.59 Å². The maximum Gasteiger partial charge on any atom is 0.408 e. The molecule has 2 atom stereocenters. The topological polar surface area (TPSA) is 73.9 Å². The minimum atomic E-state index is -1.95. The van der Waals surface area contributed by atoms with Gasteiger partial charge in [-0.05, 0) is 66.1 Å². The number of rotatable bonds is 5.